The van der Waals surface area contributed by atoms with Crippen LogP contribution in [0.3, 0.4) is 0 Å². The summed E-state index contributed by atoms with van der Waals surface area (Å²) in [6.45, 7) is 1.69. The van der Waals surface area contributed by atoms with Crippen molar-refractivity contribution in [1.82, 2.24) is 4.98 Å². The summed E-state index contributed by atoms with van der Waals surface area (Å²) >= 11 is 0. The van der Waals surface area contributed by atoms with Gasteiger partial charge >= 0.3 is 5.97 Å². The van der Waals surface area contributed by atoms with Crippen LogP contribution in [0, 0.1) is 5.82 Å². The zero-order valence-electron chi connectivity index (χ0n) is 9.68. The van der Waals surface area contributed by atoms with E-state index in [1.54, 1.807) is 6.92 Å². The summed E-state index contributed by atoms with van der Waals surface area (Å²) in [4.78, 5) is 14.7. The molecule has 1 aromatic rings. The van der Waals surface area contributed by atoms with Crippen LogP contribution in [0.25, 0.3) is 0 Å². The third kappa shape index (κ3) is 4.60. The van der Waals surface area contributed by atoms with Crippen LogP contribution >= 0.6 is 0 Å². The molecular weight excluding hydrogens is 245 g/mol. The fourth-order valence-corrected chi connectivity index (χ4v) is 2.35. The summed E-state index contributed by atoms with van der Waals surface area (Å²) in [5.74, 6) is -0.675. The second-order valence-electron chi connectivity index (χ2n) is 3.63. The van der Waals surface area contributed by atoms with Crippen molar-refractivity contribution in [3.05, 3.63) is 29.8 Å². The van der Waals surface area contributed by atoms with Gasteiger partial charge in [-0.25, -0.2) is 4.39 Å². The molecule has 0 fully saturated rings. The van der Waals surface area contributed by atoms with Gasteiger partial charge in [-0.2, -0.15) is 0 Å². The molecule has 0 amide bonds. The lowest BCUT2D eigenvalue weighted by atomic mass is 10.3. The van der Waals surface area contributed by atoms with Gasteiger partial charge in [-0.15, -0.1) is 0 Å². The van der Waals surface area contributed by atoms with Crippen LogP contribution in [-0.4, -0.2) is 27.5 Å². The van der Waals surface area contributed by atoms with Gasteiger partial charge < -0.3 is 4.74 Å². The lowest BCUT2D eigenvalue weighted by Gasteiger charge is -2.09. The molecule has 0 saturated carbocycles. The minimum Gasteiger partial charge on any atom is -0.469 e. The molecule has 1 aromatic heterocycles. The second kappa shape index (κ2) is 6.44. The quantitative estimate of drug-likeness (QED) is 0.750. The average Bonchev–Trinajstić information content (AvgIpc) is 2.28. The van der Waals surface area contributed by atoms with Crippen LogP contribution in [0.5, 0.6) is 0 Å². The van der Waals surface area contributed by atoms with Gasteiger partial charge in [0.2, 0.25) is 0 Å². The highest BCUT2D eigenvalue weighted by atomic mass is 32.2. The Morgan fingerprint density at radius 1 is 1.59 bits per heavy atom. The van der Waals surface area contributed by atoms with Crippen molar-refractivity contribution in [2.75, 3.05) is 7.11 Å². The molecule has 17 heavy (non-hydrogen) atoms. The zero-order chi connectivity index (χ0) is 12.8. The lowest BCUT2D eigenvalue weighted by Crippen LogP contribution is -2.18. The number of carbonyl (C=O) groups excluding carboxylic acids is 1. The Hall–Kier alpha value is -1.30. The summed E-state index contributed by atoms with van der Waals surface area (Å²) in [5, 5.41) is -0.328. The molecule has 1 heterocycles. The van der Waals surface area contributed by atoms with E-state index in [2.05, 4.69) is 9.72 Å². The predicted molar refractivity (Wildman–Crippen MR) is 62.1 cm³/mol. The summed E-state index contributed by atoms with van der Waals surface area (Å²) < 4.78 is 29.2. The normalized spacial score (nSPS) is 14.1. The first kappa shape index (κ1) is 13.8. The summed E-state index contributed by atoms with van der Waals surface area (Å²) in [5.41, 5.74) is 0.556. The van der Waals surface area contributed by atoms with Crippen LogP contribution in [0.4, 0.5) is 4.39 Å². The molecule has 0 aromatic carbocycles. The van der Waals surface area contributed by atoms with Gasteiger partial charge in [0.25, 0.3) is 0 Å². The van der Waals surface area contributed by atoms with Gasteiger partial charge in [-0.05, 0) is 11.6 Å². The van der Waals surface area contributed by atoms with Gasteiger partial charge in [0, 0.05) is 22.2 Å². The van der Waals surface area contributed by atoms with Crippen molar-refractivity contribution in [3.8, 4) is 0 Å². The first-order valence-electron chi connectivity index (χ1n) is 5.06. The van der Waals surface area contributed by atoms with Gasteiger partial charge in [0.15, 0.2) is 0 Å². The molecule has 0 aliphatic rings. The molecule has 0 bridgehead atoms. The van der Waals surface area contributed by atoms with Crippen molar-refractivity contribution < 1.29 is 18.1 Å². The summed E-state index contributed by atoms with van der Waals surface area (Å²) in [6.07, 6.45) is 2.64. The highest BCUT2D eigenvalue weighted by Gasteiger charge is 2.16. The number of methoxy groups -OCH3 is 1. The minimum atomic E-state index is -1.25. The number of hydrogen-bond acceptors (Lipinski definition) is 4. The van der Waals surface area contributed by atoms with Gasteiger partial charge in [-0.3, -0.25) is 14.0 Å². The Labute approximate surface area is 102 Å². The number of rotatable bonds is 5. The van der Waals surface area contributed by atoms with E-state index in [0.717, 1.165) is 6.20 Å². The first-order valence-corrected chi connectivity index (χ1v) is 6.44. The third-order valence-electron chi connectivity index (χ3n) is 2.20. The number of aromatic nitrogens is 1. The number of carbonyl (C=O) groups is 1. The van der Waals surface area contributed by atoms with Crippen molar-refractivity contribution in [2.24, 2.45) is 0 Å². The number of esters is 1. The molecule has 0 spiro atoms. The van der Waals surface area contributed by atoms with E-state index in [0.29, 0.717) is 5.56 Å². The highest BCUT2D eigenvalue weighted by molar-refractivity contribution is 7.84. The molecule has 2 unspecified atom stereocenters. The molecule has 2 atom stereocenters. The molecular formula is C11H14FNO3S. The number of nitrogens with zero attached hydrogens (tertiary/aromatic N) is 1. The first-order chi connectivity index (χ1) is 8.02. The van der Waals surface area contributed by atoms with Crippen molar-refractivity contribution in [1.29, 1.82) is 0 Å². The average molecular weight is 259 g/mol. The fourth-order valence-electron chi connectivity index (χ4n) is 1.25. The predicted octanol–water partition coefficient (Wildman–Crippen LogP) is 1.42. The molecule has 6 heteroatoms. The summed E-state index contributed by atoms with van der Waals surface area (Å²) in [7, 11) is 0.0325. The lowest BCUT2D eigenvalue weighted by molar-refractivity contribution is -0.140. The van der Waals surface area contributed by atoms with Crippen LogP contribution < -0.4 is 0 Å². The van der Waals surface area contributed by atoms with Crippen LogP contribution in [0.15, 0.2) is 18.5 Å². The van der Waals surface area contributed by atoms with Crippen molar-refractivity contribution >= 4 is 16.8 Å². The molecule has 0 aliphatic carbocycles. The van der Waals surface area contributed by atoms with Crippen LogP contribution in [0.2, 0.25) is 0 Å². The van der Waals surface area contributed by atoms with E-state index in [1.807, 2.05) is 0 Å². The minimum absolute atomic E-state index is 0.0891. The van der Waals surface area contributed by atoms with Crippen LogP contribution in [-0.2, 0) is 26.1 Å². The van der Waals surface area contributed by atoms with Crippen LogP contribution in [0.1, 0.15) is 18.9 Å². The maximum absolute atomic E-state index is 12.8. The van der Waals surface area contributed by atoms with Gasteiger partial charge in [0.05, 0.1) is 25.5 Å². The maximum Gasteiger partial charge on any atom is 0.306 e. The Balaban J connectivity index is 2.57. The molecule has 0 aliphatic heterocycles. The fraction of sp³-hybridized carbons (Fsp3) is 0.455. The van der Waals surface area contributed by atoms with Gasteiger partial charge in [-0.1, -0.05) is 6.92 Å². The number of ether oxygens (including phenoxy) is 1. The maximum atomic E-state index is 12.8. The third-order valence-corrected chi connectivity index (χ3v) is 3.88. The van der Waals surface area contributed by atoms with E-state index >= 15 is 0 Å². The molecule has 4 nitrogen and oxygen atoms in total. The van der Waals surface area contributed by atoms with E-state index in [4.69, 9.17) is 0 Å². The smallest absolute Gasteiger partial charge is 0.306 e. The largest absolute Gasteiger partial charge is 0.469 e. The second-order valence-corrected chi connectivity index (χ2v) is 5.48. The Morgan fingerprint density at radius 3 is 2.88 bits per heavy atom. The molecule has 0 radical (unpaired) electrons. The van der Waals surface area contributed by atoms with Crippen molar-refractivity contribution in [2.45, 2.75) is 24.3 Å². The standard InChI is InChI=1S/C11H14FNO3S/c1-8(3-11(14)16-2)17(15)7-9-4-10(12)6-13-5-9/h4-6,8H,3,7H2,1-2H3. The number of pyridine rings is 1. The van der Waals surface area contributed by atoms with E-state index < -0.39 is 22.6 Å². The number of hydrogen-bond donors (Lipinski definition) is 0. The molecule has 0 N–H and O–H groups in total. The van der Waals surface area contributed by atoms with Gasteiger partial charge in [0.1, 0.15) is 5.82 Å². The van der Waals surface area contributed by atoms with E-state index in [-0.39, 0.29) is 17.4 Å². The monoisotopic (exact) mass is 259 g/mol. The van der Waals surface area contributed by atoms with Crippen molar-refractivity contribution in [3.63, 3.8) is 0 Å². The highest BCUT2D eigenvalue weighted by Crippen LogP contribution is 2.10. The van der Waals surface area contributed by atoms with E-state index in [9.17, 15) is 13.4 Å². The number of halogens is 1. The molecule has 0 saturated heterocycles. The summed E-state index contributed by atoms with van der Waals surface area (Å²) in [6, 6.07) is 1.29. The zero-order valence-corrected chi connectivity index (χ0v) is 10.5. The Morgan fingerprint density at radius 2 is 2.29 bits per heavy atom. The Bertz CT molecular complexity index is 425. The SMILES string of the molecule is COC(=O)CC(C)S(=O)Cc1cncc(F)c1. The molecule has 1 rings (SSSR count). The topological polar surface area (TPSA) is 56.3 Å². The molecule has 94 valence electrons. The van der Waals surface area contributed by atoms with E-state index in [1.165, 1.54) is 19.4 Å². The Kier molecular flexibility index (Phi) is 5.21.